The second-order valence-electron chi connectivity index (χ2n) is 7.90. The van der Waals surface area contributed by atoms with Crippen molar-refractivity contribution < 1.29 is 22.7 Å². The zero-order valence-electron chi connectivity index (χ0n) is 19.9. The van der Waals surface area contributed by atoms with Gasteiger partial charge in [0.05, 0.1) is 23.9 Å². The molecule has 12 heteroatoms. The monoisotopic (exact) mass is 558 g/mol. The van der Waals surface area contributed by atoms with Crippen LogP contribution in [0.2, 0.25) is 0 Å². The van der Waals surface area contributed by atoms with E-state index in [0.717, 1.165) is 5.56 Å². The fourth-order valence-corrected chi connectivity index (χ4v) is 6.79. The number of thiazole rings is 1. The molecule has 1 aromatic heterocycles. The summed E-state index contributed by atoms with van der Waals surface area (Å²) < 4.78 is 33.0. The molecule has 0 atom stereocenters. The summed E-state index contributed by atoms with van der Waals surface area (Å²) in [7, 11) is -3.65. The van der Waals surface area contributed by atoms with Gasteiger partial charge in [-0.25, -0.2) is 13.4 Å². The molecule has 2 heterocycles. The number of hydrogen-bond donors (Lipinski definition) is 2. The van der Waals surface area contributed by atoms with Crippen molar-refractivity contribution in [2.45, 2.75) is 9.24 Å². The highest BCUT2D eigenvalue weighted by molar-refractivity contribution is 8.01. The lowest BCUT2D eigenvalue weighted by Gasteiger charge is -2.26. The van der Waals surface area contributed by atoms with Crippen LogP contribution in [-0.2, 0) is 19.6 Å². The van der Waals surface area contributed by atoms with Gasteiger partial charge in [0.25, 0.3) is 5.91 Å². The Labute approximate surface area is 224 Å². The SMILES string of the molecule is C=CCNC(=O)CSc1nc(-c2ccccc2)c(NC(=O)c2ccc(S(=O)(=O)N3CCOCC3)cc2)s1. The first kappa shape index (κ1) is 27.0. The molecule has 0 saturated carbocycles. The number of anilines is 1. The van der Waals surface area contributed by atoms with E-state index in [2.05, 4.69) is 22.2 Å². The van der Waals surface area contributed by atoms with E-state index < -0.39 is 15.9 Å². The number of aromatic nitrogens is 1. The third kappa shape index (κ3) is 6.84. The van der Waals surface area contributed by atoms with Gasteiger partial charge in [0.1, 0.15) is 10.7 Å². The molecule has 0 radical (unpaired) electrons. The molecule has 1 aliphatic heterocycles. The summed E-state index contributed by atoms with van der Waals surface area (Å²) in [5, 5.41) is 6.16. The van der Waals surface area contributed by atoms with Crippen LogP contribution in [0, 0.1) is 0 Å². The molecule has 0 aliphatic carbocycles. The van der Waals surface area contributed by atoms with Gasteiger partial charge in [0, 0.05) is 30.8 Å². The summed E-state index contributed by atoms with van der Waals surface area (Å²) in [6.45, 7) is 5.29. The number of carbonyl (C=O) groups is 2. The molecule has 1 aliphatic rings. The Bertz CT molecular complexity index is 1350. The van der Waals surface area contributed by atoms with Crippen LogP contribution < -0.4 is 10.6 Å². The maximum Gasteiger partial charge on any atom is 0.256 e. The van der Waals surface area contributed by atoms with Gasteiger partial charge in [-0.15, -0.1) is 6.58 Å². The normalized spacial score (nSPS) is 14.2. The summed E-state index contributed by atoms with van der Waals surface area (Å²) in [4.78, 5) is 29.8. The highest BCUT2D eigenvalue weighted by Gasteiger charge is 2.26. The van der Waals surface area contributed by atoms with Crippen LogP contribution >= 0.6 is 23.1 Å². The predicted octanol–water partition coefficient (Wildman–Crippen LogP) is 3.48. The molecule has 2 N–H and O–H groups in total. The van der Waals surface area contributed by atoms with Crippen LogP contribution in [0.5, 0.6) is 0 Å². The van der Waals surface area contributed by atoms with Crippen molar-refractivity contribution in [2.75, 3.05) is 43.9 Å². The number of benzene rings is 2. The van der Waals surface area contributed by atoms with Crippen molar-refractivity contribution in [1.29, 1.82) is 0 Å². The predicted molar refractivity (Wildman–Crippen MR) is 145 cm³/mol. The summed E-state index contributed by atoms with van der Waals surface area (Å²) in [5.41, 5.74) is 1.73. The second kappa shape index (κ2) is 12.5. The minimum Gasteiger partial charge on any atom is -0.379 e. The standard InChI is InChI=1S/C25H26N4O5S3/c1-2-12-26-21(30)17-35-25-27-22(18-6-4-3-5-7-18)24(36-25)28-23(31)19-8-10-20(11-9-19)37(32,33)29-13-15-34-16-14-29/h2-11H,1,12-17H2,(H,26,30)(H,28,31). The van der Waals surface area contributed by atoms with Gasteiger partial charge >= 0.3 is 0 Å². The molecule has 3 aromatic rings. The summed E-state index contributed by atoms with van der Waals surface area (Å²) in [5.74, 6) is -0.349. The number of nitrogens with zero attached hydrogens (tertiary/aromatic N) is 2. The third-order valence-corrected chi connectivity index (χ3v) is 9.40. The van der Waals surface area contributed by atoms with E-state index in [1.54, 1.807) is 6.08 Å². The van der Waals surface area contributed by atoms with Gasteiger partial charge in [-0.1, -0.05) is 59.5 Å². The fraction of sp³-hybridized carbons (Fsp3) is 0.240. The molecule has 0 bridgehead atoms. The number of nitrogens with one attached hydrogen (secondary N) is 2. The Morgan fingerprint density at radius 2 is 1.81 bits per heavy atom. The fourth-order valence-electron chi connectivity index (χ4n) is 3.49. The number of hydrogen-bond acceptors (Lipinski definition) is 8. The van der Waals surface area contributed by atoms with Crippen LogP contribution in [0.3, 0.4) is 0 Å². The number of thioether (sulfide) groups is 1. The first-order valence-electron chi connectivity index (χ1n) is 11.4. The lowest BCUT2D eigenvalue weighted by molar-refractivity contribution is -0.118. The molecule has 4 rings (SSSR count). The maximum absolute atomic E-state index is 13.1. The Hall–Kier alpha value is -3.03. The van der Waals surface area contributed by atoms with E-state index in [0.29, 0.717) is 53.4 Å². The van der Waals surface area contributed by atoms with Crippen molar-refractivity contribution in [1.82, 2.24) is 14.6 Å². The average molecular weight is 559 g/mol. The van der Waals surface area contributed by atoms with E-state index in [-0.39, 0.29) is 16.6 Å². The molecule has 0 spiro atoms. The van der Waals surface area contributed by atoms with Gasteiger partial charge in [0.15, 0.2) is 4.34 Å². The van der Waals surface area contributed by atoms with Crippen molar-refractivity contribution in [3.63, 3.8) is 0 Å². The highest BCUT2D eigenvalue weighted by Crippen LogP contribution is 2.37. The smallest absolute Gasteiger partial charge is 0.256 e. The quantitative estimate of drug-likeness (QED) is 0.289. The zero-order chi connectivity index (χ0) is 26.3. The van der Waals surface area contributed by atoms with Crippen molar-refractivity contribution in [3.05, 3.63) is 72.8 Å². The van der Waals surface area contributed by atoms with E-state index in [9.17, 15) is 18.0 Å². The van der Waals surface area contributed by atoms with Crippen LogP contribution in [0.15, 0.2) is 76.5 Å². The van der Waals surface area contributed by atoms with Gasteiger partial charge < -0.3 is 15.4 Å². The Kier molecular flexibility index (Phi) is 9.11. The minimum absolute atomic E-state index is 0.127. The molecule has 0 unspecified atom stereocenters. The van der Waals surface area contributed by atoms with Crippen LogP contribution in [0.4, 0.5) is 5.00 Å². The Morgan fingerprint density at radius 3 is 2.49 bits per heavy atom. The topological polar surface area (TPSA) is 118 Å². The van der Waals surface area contributed by atoms with Crippen molar-refractivity contribution in [2.24, 2.45) is 0 Å². The van der Waals surface area contributed by atoms with Crippen LogP contribution in [0.1, 0.15) is 10.4 Å². The maximum atomic E-state index is 13.1. The first-order valence-corrected chi connectivity index (χ1v) is 14.7. The lowest BCUT2D eigenvalue weighted by atomic mass is 10.1. The molecule has 1 saturated heterocycles. The Balaban J connectivity index is 1.51. The zero-order valence-corrected chi connectivity index (χ0v) is 22.3. The largest absolute Gasteiger partial charge is 0.379 e. The summed E-state index contributed by atoms with van der Waals surface area (Å²) in [6.07, 6.45) is 1.61. The molecular weight excluding hydrogens is 532 g/mol. The molecular formula is C25H26N4O5S3. The van der Waals surface area contributed by atoms with Gasteiger partial charge in [-0.05, 0) is 24.3 Å². The van der Waals surface area contributed by atoms with Gasteiger partial charge in [-0.2, -0.15) is 4.31 Å². The third-order valence-electron chi connectivity index (χ3n) is 5.38. The highest BCUT2D eigenvalue weighted by atomic mass is 32.2. The van der Waals surface area contributed by atoms with E-state index in [1.807, 2.05) is 30.3 Å². The van der Waals surface area contributed by atoms with Crippen LogP contribution in [-0.4, -0.2) is 68.1 Å². The van der Waals surface area contributed by atoms with Crippen LogP contribution in [0.25, 0.3) is 11.3 Å². The molecule has 37 heavy (non-hydrogen) atoms. The average Bonchev–Trinajstić information content (AvgIpc) is 3.34. The van der Waals surface area contributed by atoms with Gasteiger partial charge in [0.2, 0.25) is 15.9 Å². The summed E-state index contributed by atoms with van der Waals surface area (Å²) in [6, 6.07) is 15.3. The molecule has 2 aromatic carbocycles. The lowest BCUT2D eigenvalue weighted by Crippen LogP contribution is -2.40. The van der Waals surface area contributed by atoms with E-state index in [4.69, 9.17) is 4.74 Å². The number of rotatable bonds is 10. The molecule has 1 fully saturated rings. The second-order valence-corrected chi connectivity index (χ2v) is 12.1. The number of ether oxygens (including phenoxy) is 1. The number of amides is 2. The van der Waals surface area contributed by atoms with E-state index in [1.165, 1.54) is 51.7 Å². The molecule has 194 valence electrons. The first-order chi connectivity index (χ1) is 17.9. The molecule has 2 amide bonds. The number of carbonyl (C=O) groups excluding carboxylic acids is 2. The van der Waals surface area contributed by atoms with E-state index >= 15 is 0 Å². The summed E-state index contributed by atoms with van der Waals surface area (Å²) >= 11 is 2.55. The Morgan fingerprint density at radius 1 is 1.11 bits per heavy atom. The number of sulfonamides is 1. The molecule has 9 nitrogen and oxygen atoms in total. The van der Waals surface area contributed by atoms with Gasteiger partial charge in [-0.3, -0.25) is 9.59 Å². The van der Waals surface area contributed by atoms with Crippen molar-refractivity contribution >= 4 is 49.9 Å². The van der Waals surface area contributed by atoms with Crippen molar-refractivity contribution in [3.8, 4) is 11.3 Å². The number of morpholine rings is 1. The minimum atomic E-state index is -3.65.